The third kappa shape index (κ3) is 3.52. The molecule has 27 heavy (non-hydrogen) atoms. The summed E-state index contributed by atoms with van der Waals surface area (Å²) in [4.78, 5) is 20.7. The summed E-state index contributed by atoms with van der Waals surface area (Å²) >= 11 is 7.84. The fourth-order valence-electron chi connectivity index (χ4n) is 2.81. The number of fused-ring (bicyclic) bond motifs is 1. The third-order valence-electron chi connectivity index (χ3n) is 4.16. The molecule has 0 spiro atoms. The lowest BCUT2D eigenvalue weighted by molar-refractivity contribution is 0.415. The molecule has 1 N–H and O–H groups in total. The summed E-state index contributed by atoms with van der Waals surface area (Å²) in [6, 6.07) is 17.3. The molecule has 0 aliphatic rings. The average Bonchev–Trinajstić information content (AvgIpc) is 3.14. The summed E-state index contributed by atoms with van der Waals surface area (Å²) in [6.07, 6.45) is 1.76. The van der Waals surface area contributed by atoms with Crippen molar-refractivity contribution in [2.45, 2.75) is 0 Å². The number of methoxy groups -OCH3 is 1. The Morgan fingerprint density at radius 1 is 1.15 bits per heavy atom. The molecule has 6 heteroatoms. The van der Waals surface area contributed by atoms with E-state index in [9.17, 15) is 4.79 Å². The Morgan fingerprint density at radius 3 is 2.59 bits per heavy atom. The smallest absolute Gasteiger partial charge is 0.260 e. The highest BCUT2D eigenvalue weighted by Gasteiger charge is 2.14. The van der Waals surface area contributed by atoms with Gasteiger partial charge in [-0.3, -0.25) is 4.79 Å². The predicted molar refractivity (Wildman–Crippen MR) is 112 cm³/mol. The highest BCUT2D eigenvalue weighted by atomic mass is 35.5. The Kier molecular flexibility index (Phi) is 4.79. The van der Waals surface area contributed by atoms with Crippen molar-refractivity contribution < 1.29 is 4.74 Å². The van der Waals surface area contributed by atoms with E-state index in [2.05, 4.69) is 9.97 Å². The highest BCUT2D eigenvalue weighted by Crippen LogP contribution is 2.31. The van der Waals surface area contributed by atoms with E-state index in [-0.39, 0.29) is 5.56 Å². The minimum Gasteiger partial charge on any atom is -0.497 e. The number of H-pyrrole nitrogens is 1. The van der Waals surface area contributed by atoms with Crippen LogP contribution >= 0.6 is 22.9 Å². The van der Waals surface area contributed by atoms with Gasteiger partial charge in [-0.2, -0.15) is 0 Å². The zero-order chi connectivity index (χ0) is 18.8. The van der Waals surface area contributed by atoms with Crippen LogP contribution in [0.3, 0.4) is 0 Å². The van der Waals surface area contributed by atoms with E-state index in [1.165, 1.54) is 11.3 Å². The van der Waals surface area contributed by atoms with E-state index < -0.39 is 0 Å². The number of halogens is 1. The number of hydrogen-bond donors (Lipinski definition) is 1. The van der Waals surface area contributed by atoms with Crippen LogP contribution < -0.4 is 10.3 Å². The van der Waals surface area contributed by atoms with Crippen LogP contribution in [0.2, 0.25) is 0 Å². The molecule has 4 rings (SSSR count). The van der Waals surface area contributed by atoms with E-state index in [1.807, 2.05) is 60.0 Å². The van der Waals surface area contributed by atoms with Crippen LogP contribution in [0, 0.1) is 0 Å². The van der Waals surface area contributed by atoms with Gasteiger partial charge in [0.1, 0.15) is 10.6 Å². The van der Waals surface area contributed by atoms with Crippen molar-refractivity contribution in [3.05, 3.63) is 81.7 Å². The van der Waals surface area contributed by atoms with Gasteiger partial charge in [0, 0.05) is 10.9 Å². The Hall–Kier alpha value is -2.89. The first-order valence-electron chi connectivity index (χ1n) is 8.24. The van der Waals surface area contributed by atoms with Gasteiger partial charge in [0.2, 0.25) is 0 Å². The lowest BCUT2D eigenvalue weighted by Crippen LogP contribution is -2.10. The van der Waals surface area contributed by atoms with E-state index in [0.717, 1.165) is 22.4 Å². The Morgan fingerprint density at radius 2 is 1.89 bits per heavy atom. The van der Waals surface area contributed by atoms with Gasteiger partial charge in [0.25, 0.3) is 5.56 Å². The number of thiophene rings is 1. The molecule has 134 valence electrons. The van der Waals surface area contributed by atoms with Crippen molar-refractivity contribution in [3.63, 3.8) is 0 Å². The van der Waals surface area contributed by atoms with Crippen molar-refractivity contribution in [1.82, 2.24) is 9.97 Å². The monoisotopic (exact) mass is 394 g/mol. The molecule has 0 saturated carbocycles. The van der Waals surface area contributed by atoms with Gasteiger partial charge in [-0.15, -0.1) is 11.3 Å². The maximum Gasteiger partial charge on any atom is 0.260 e. The van der Waals surface area contributed by atoms with Crippen LogP contribution in [0.5, 0.6) is 5.75 Å². The lowest BCUT2D eigenvalue weighted by atomic mass is 10.1. The second-order valence-corrected chi connectivity index (χ2v) is 7.14. The standard InChI is InChI=1S/C21H15ClN2O2S/c1-26-15-9-7-13(8-10-15)11-17(22)19-23-20(25)18-16(12-27-21(18)24-19)14-5-3-2-4-6-14/h2-12H,1H3,(H,23,24,25)/b17-11-. The van der Waals surface area contributed by atoms with Crippen LogP contribution in [0.25, 0.3) is 32.5 Å². The molecule has 0 radical (unpaired) electrons. The van der Waals surface area contributed by atoms with Crippen molar-refractivity contribution in [2.75, 3.05) is 7.11 Å². The Balaban J connectivity index is 1.75. The molecule has 4 nitrogen and oxygen atoms in total. The van der Waals surface area contributed by atoms with Gasteiger partial charge in [0.15, 0.2) is 5.82 Å². The molecule has 0 atom stereocenters. The fourth-order valence-corrected chi connectivity index (χ4v) is 3.97. The molecule has 0 saturated heterocycles. The van der Waals surface area contributed by atoms with E-state index >= 15 is 0 Å². The van der Waals surface area contributed by atoms with Crippen molar-refractivity contribution in [1.29, 1.82) is 0 Å². The topological polar surface area (TPSA) is 55.0 Å². The molecule has 2 aromatic heterocycles. The molecule has 0 bridgehead atoms. The molecule has 0 fully saturated rings. The summed E-state index contributed by atoms with van der Waals surface area (Å²) < 4.78 is 5.15. The molecule has 0 aliphatic carbocycles. The highest BCUT2D eigenvalue weighted by molar-refractivity contribution is 7.17. The van der Waals surface area contributed by atoms with Gasteiger partial charge < -0.3 is 9.72 Å². The van der Waals surface area contributed by atoms with E-state index in [0.29, 0.717) is 21.1 Å². The number of ether oxygens (including phenoxy) is 1. The van der Waals surface area contributed by atoms with Gasteiger partial charge in [-0.25, -0.2) is 4.98 Å². The minimum atomic E-state index is -0.198. The van der Waals surface area contributed by atoms with Gasteiger partial charge in [-0.1, -0.05) is 54.1 Å². The van der Waals surface area contributed by atoms with Crippen LogP contribution in [0.1, 0.15) is 11.4 Å². The molecular formula is C21H15ClN2O2S. The molecule has 4 aromatic rings. The number of aromatic nitrogens is 2. The number of nitrogens with one attached hydrogen (secondary N) is 1. The fraction of sp³-hybridized carbons (Fsp3) is 0.0476. The number of aromatic amines is 1. The normalized spacial score (nSPS) is 11.7. The molecule has 0 amide bonds. The van der Waals surface area contributed by atoms with Crippen molar-refractivity contribution in [3.8, 4) is 16.9 Å². The summed E-state index contributed by atoms with van der Waals surface area (Å²) in [5, 5.41) is 2.91. The van der Waals surface area contributed by atoms with Gasteiger partial charge in [-0.05, 0) is 29.3 Å². The van der Waals surface area contributed by atoms with Gasteiger partial charge in [0.05, 0.1) is 17.5 Å². The van der Waals surface area contributed by atoms with Gasteiger partial charge >= 0.3 is 0 Å². The average molecular weight is 395 g/mol. The van der Waals surface area contributed by atoms with E-state index in [1.54, 1.807) is 13.2 Å². The maximum absolute atomic E-state index is 12.7. The number of benzene rings is 2. The minimum absolute atomic E-state index is 0.198. The quantitative estimate of drug-likeness (QED) is 0.504. The molecular weight excluding hydrogens is 380 g/mol. The Labute approximate surface area is 164 Å². The number of rotatable bonds is 4. The Bertz CT molecular complexity index is 1180. The number of hydrogen-bond acceptors (Lipinski definition) is 4. The third-order valence-corrected chi connectivity index (χ3v) is 5.32. The summed E-state index contributed by atoms with van der Waals surface area (Å²) in [7, 11) is 1.62. The predicted octanol–water partition coefficient (Wildman–Crippen LogP) is 5.40. The second-order valence-electron chi connectivity index (χ2n) is 5.88. The van der Waals surface area contributed by atoms with Crippen LogP contribution in [0.4, 0.5) is 0 Å². The first-order chi connectivity index (χ1) is 13.2. The molecule has 2 heterocycles. The first-order valence-corrected chi connectivity index (χ1v) is 9.50. The first kappa shape index (κ1) is 17.5. The maximum atomic E-state index is 12.7. The summed E-state index contributed by atoms with van der Waals surface area (Å²) in [5.74, 6) is 1.12. The second kappa shape index (κ2) is 7.39. The SMILES string of the molecule is COc1ccc(/C=C(\Cl)c2nc3scc(-c4ccccc4)c3c(=O)[nH]2)cc1. The molecule has 0 aliphatic heterocycles. The van der Waals surface area contributed by atoms with E-state index in [4.69, 9.17) is 16.3 Å². The van der Waals surface area contributed by atoms with Crippen LogP contribution in [-0.2, 0) is 0 Å². The van der Waals surface area contributed by atoms with Crippen molar-refractivity contribution >= 4 is 44.3 Å². The lowest BCUT2D eigenvalue weighted by Gasteiger charge is -2.03. The largest absolute Gasteiger partial charge is 0.497 e. The molecule has 2 aromatic carbocycles. The van der Waals surface area contributed by atoms with Crippen LogP contribution in [-0.4, -0.2) is 17.1 Å². The number of nitrogens with zero attached hydrogens (tertiary/aromatic N) is 1. The molecule has 0 unspecified atom stereocenters. The summed E-state index contributed by atoms with van der Waals surface area (Å²) in [5.41, 5.74) is 2.56. The summed E-state index contributed by atoms with van der Waals surface area (Å²) in [6.45, 7) is 0. The van der Waals surface area contributed by atoms with Crippen molar-refractivity contribution in [2.24, 2.45) is 0 Å². The zero-order valence-electron chi connectivity index (χ0n) is 14.4. The zero-order valence-corrected chi connectivity index (χ0v) is 16.0. The van der Waals surface area contributed by atoms with Crippen LogP contribution in [0.15, 0.2) is 64.8 Å².